The second-order valence-corrected chi connectivity index (χ2v) is 6.12. The van der Waals surface area contributed by atoms with Crippen molar-refractivity contribution in [3.8, 4) is 0 Å². The van der Waals surface area contributed by atoms with Gasteiger partial charge in [0.1, 0.15) is 6.61 Å². The maximum Gasteiger partial charge on any atom is 0.338 e. The number of cyclic esters (lactones) is 1. The highest BCUT2D eigenvalue weighted by Crippen LogP contribution is 2.36. The number of hydrogen-bond acceptors (Lipinski definition) is 5. The van der Waals surface area contributed by atoms with Gasteiger partial charge in [-0.3, -0.25) is 4.90 Å². The number of halogens is 1. The molecule has 0 aliphatic carbocycles. The van der Waals surface area contributed by atoms with Gasteiger partial charge in [-0.15, -0.1) is 0 Å². The van der Waals surface area contributed by atoms with Gasteiger partial charge in [0.15, 0.2) is 0 Å². The van der Waals surface area contributed by atoms with Crippen molar-refractivity contribution in [3.05, 3.63) is 33.8 Å². The van der Waals surface area contributed by atoms with Crippen LogP contribution in [0.4, 0.5) is 0 Å². The molecule has 112 valence electrons. The van der Waals surface area contributed by atoms with Crippen molar-refractivity contribution in [2.24, 2.45) is 0 Å². The second kappa shape index (κ2) is 5.25. The van der Waals surface area contributed by atoms with Crippen molar-refractivity contribution in [1.82, 2.24) is 10.2 Å². The minimum atomic E-state index is -0.287. The zero-order valence-electron chi connectivity index (χ0n) is 11.6. The van der Waals surface area contributed by atoms with Gasteiger partial charge in [0.05, 0.1) is 23.3 Å². The summed E-state index contributed by atoms with van der Waals surface area (Å²) in [5.74, 6) is -0.287. The highest BCUT2D eigenvalue weighted by Gasteiger charge is 2.34. The number of carbonyl (C=O) groups excluding carboxylic acids is 1. The van der Waals surface area contributed by atoms with Crippen LogP contribution < -0.4 is 5.32 Å². The first-order chi connectivity index (χ1) is 10.2. The third-order valence-corrected chi connectivity index (χ3v) is 5.00. The Labute approximate surface area is 128 Å². The predicted octanol–water partition coefficient (Wildman–Crippen LogP) is 1.36. The molecule has 2 atom stereocenters. The molecule has 6 heteroatoms. The molecule has 2 fully saturated rings. The van der Waals surface area contributed by atoms with Gasteiger partial charge >= 0.3 is 5.97 Å². The number of esters is 1. The maximum absolute atomic E-state index is 11.6. The molecule has 0 spiro atoms. The lowest BCUT2D eigenvalue weighted by atomic mass is 9.99. The third kappa shape index (κ3) is 2.25. The first-order valence-corrected chi connectivity index (χ1v) is 7.66. The van der Waals surface area contributed by atoms with E-state index >= 15 is 0 Å². The van der Waals surface area contributed by atoms with E-state index in [9.17, 15) is 4.79 Å². The van der Waals surface area contributed by atoms with Crippen LogP contribution >= 0.6 is 11.6 Å². The van der Waals surface area contributed by atoms with Crippen LogP contribution in [0.2, 0.25) is 5.02 Å². The van der Waals surface area contributed by atoms with Gasteiger partial charge in [-0.2, -0.15) is 0 Å². The quantitative estimate of drug-likeness (QED) is 0.794. The first-order valence-electron chi connectivity index (χ1n) is 7.29. The zero-order chi connectivity index (χ0) is 14.4. The number of ether oxygens (including phenoxy) is 2. The van der Waals surface area contributed by atoms with E-state index in [1.165, 1.54) is 0 Å². The number of carbonyl (C=O) groups is 1. The molecule has 3 aliphatic heterocycles. The fraction of sp³-hybridized carbons (Fsp3) is 0.533. The maximum atomic E-state index is 11.6. The van der Waals surface area contributed by atoms with Gasteiger partial charge in [0.25, 0.3) is 0 Å². The molecule has 1 N–H and O–H groups in total. The molecule has 0 saturated carbocycles. The lowest BCUT2D eigenvalue weighted by Gasteiger charge is -2.43. The summed E-state index contributed by atoms with van der Waals surface area (Å²) < 4.78 is 11.1. The van der Waals surface area contributed by atoms with E-state index in [1.54, 1.807) is 6.07 Å². The summed E-state index contributed by atoms with van der Waals surface area (Å²) in [4.78, 5) is 14.0. The van der Waals surface area contributed by atoms with Crippen LogP contribution in [0.3, 0.4) is 0 Å². The number of fused-ring (bicyclic) bond motifs is 2. The molecule has 2 saturated heterocycles. The molecule has 0 amide bonds. The normalized spacial score (nSPS) is 28.9. The molecule has 0 bridgehead atoms. The van der Waals surface area contributed by atoms with Gasteiger partial charge in [-0.1, -0.05) is 17.7 Å². The van der Waals surface area contributed by atoms with Crippen molar-refractivity contribution in [3.63, 3.8) is 0 Å². The van der Waals surface area contributed by atoms with Crippen molar-refractivity contribution >= 4 is 17.6 Å². The summed E-state index contributed by atoms with van der Waals surface area (Å²) in [6.45, 7) is 4.86. The van der Waals surface area contributed by atoms with Crippen LogP contribution in [0.1, 0.15) is 27.6 Å². The van der Waals surface area contributed by atoms with Crippen LogP contribution in [0.25, 0.3) is 0 Å². The van der Waals surface area contributed by atoms with Crippen LogP contribution in [0, 0.1) is 0 Å². The van der Waals surface area contributed by atoms with Gasteiger partial charge in [-0.25, -0.2) is 4.79 Å². The second-order valence-electron chi connectivity index (χ2n) is 5.75. The van der Waals surface area contributed by atoms with Gasteiger partial charge in [0, 0.05) is 43.3 Å². The van der Waals surface area contributed by atoms with E-state index in [0.717, 1.165) is 37.3 Å². The highest BCUT2D eigenvalue weighted by atomic mass is 35.5. The highest BCUT2D eigenvalue weighted by molar-refractivity contribution is 6.32. The Bertz CT molecular complexity index is 593. The minimum absolute atomic E-state index is 0.0344. The van der Waals surface area contributed by atoms with E-state index in [2.05, 4.69) is 10.2 Å². The number of rotatable bonds is 1. The number of morpholine rings is 1. The fourth-order valence-electron chi connectivity index (χ4n) is 3.32. The third-order valence-electron chi connectivity index (χ3n) is 4.55. The van der Waals surface area contributed by atoms with Crippen LogP contribution in [-0.4, -0.2) is 49.7 Å². The summed E-state index contributed by atoms with van der Waals surface area (Å²) in [6.07, 6.45) is -0.0344. The average molecular weight is 309 g/mol. The van der Waals surface area contributed by atoms with E-state index in [-0.39, 0.29) is 18.7 Å². The summed E-state index contributed by atoms with van der Waals surface area (Å²) in [7, 11) is 0. The molecule has 21 heavy (non-hydrogen) atoms. The number of nitrogens with zero attached hydrogens (tertiary/aromatic N) is 1. The van der Waals surface area contributed by atoms with E-state index in [0.29, 0.717) is 23.2 Å². The van der Waals surface area contributed by atoms with E-state index < -0.39 is 0 Å². The Morgan fingerprint density at radius 2 is 2.29 bits per heavy atom. The molecule has 3 heterocycles. The van der Waals surface area contributed by atoms with E-state index in [1.807, 2.05) is 6.07 Å². The zero-order valence-corrected chi connectivity index (χ0v) is 12.4. The lowest BCUT2D eigenvalue weighted by molar-refractivity contribution is -0.0717. The smallest absolute Gasteiger partial charge is 0.338 e. The molecular weight excluding hydrogens is 292 g/mol. The standard InChI is InChI=1S/C15H17ClN2O3/c16-14-11(2-1-10-12(14)8-21-15(10)19)13-6-18-4-3-17-5-9(18)7-20-13/h1-2,9,13,17H,3-8H2/t9-,13-/m0/s1. The Morgan fingerprint density at radius 3 is 3.19 bits per heavy atom. The number of nitrogens with one attached hydrogen (secondary N) is 1. The molecule has 0 unspecified atom stereocenters. The topological polar surface area (TPSA) is 50.8 Å². The molecule has 5 nitrogen and oxygen atoms in total. The monoisotopic (exact) mass is 308 g/mol. The molecule has 3 aliphatic rings. The minimum Gasteiger partial charge on any atom is -0.457 e. The van der Waals surface area contributed by atoms with Crippen LogP contribution in [0.15, 0.2) is 12.1 Å². The van der Waals surface area contributed by atoms with Crippen LogP contribution in [-0.2, 0) is 16.1 Å². The molecule has 0 aromatic heterocycles. The lowest BCUT2D eigenvalue weighted by Crippen LogP contribution is -2.57. The van der Waals surface area contributed by atoms with Gasteiger partial charge in [0.2, 0.25) is 0 Å². The Kier molecular flexibility index (Phi) is 3.38. The molecule has 1 aromatic carbocycles. The average Bonchev–Trinajstić information content (AvgIpc) is 2.90. The Hall–Kier alpha value is -1.14. The van der Waals surface area contributed by atoms with Crippen molar-refractivity contribution in [1.29, 1.82) is 0 Å². The summed E-state index contributed by atoms with van der Waals surface area (Å²) in [5.41, 5.74) is 2.34. The molecule has 0 radical (unpaired) electrons. The van der Waals surface area contributed by atoms with Crippen LogP contribution in [0.5, 0.6) is 0 Å². The van der Waals surface area contributed by atoms with Crippen molar-refractivity contribution in [2.75, 3.05) is 32.8 Å². The molecule has 1 aromatic rings. The predicted molar refractivity (Wildman–Crippen MR) is 77.5 cm³/mol. The number of piperazine rings is 1. The summed E-state index contributed by atoms with van der Waals surface area (Å²) in [6, 6.07) is 4.16. The number of benzene rings is 1. The van der Waals surface area contributed by atoms with Gasteiger partial charge in [-0.05, 0) is 6.07 Å². The SMILES string of the molecule is O=C1OCc2c1ccc([C@@H]1CN3CCNC[C@H]3CO1)c2Cl. The van der Waals surface area contributed by atoms with Crippen molar-refractivity contribution in [2.45, 2.75) is 18.8 Å². The van der Waals surface area contributed by atoms with E-state index in [4.69, 9.17) is 21.1 Å². The molecule has 4 rings (SSSR count). The largest absolute Gasteiger partial charge is 0.457 e. The van der Waals surface area contributed by atoms with Gasteiger partial charge < -0.3 is 14.8 Å². The Morgan fingerprint density at radius 1 is 1.38 bits per heavy atom. The van der Waals surface area contributed by atoms with Crippen molar-refractivity contribution < 1.29 is 14.3 Å². The fourth-order valence-corrected chi connectivity index (χ4v) is 3.67. The first kappa shape index (κ1) is 13.5. The Balaban J connectivity index is 1.61. The summed E-state index contributed by atoms with van der Waals surface area (Å²) in [5, 5.41) is 4.01. The summed E-state index contributed by atoms with van der Waals surface area (Å²) >= 11 is 6.48. The number of hydrogen-bond donors (Lipinski definition) is 1. The molecular formula is C15H17ClN2O3.